The van der Waals surface area contributed by atoms with E-state index in [1.165, 1.54) is 6.07 Å². The van der Waals surface area contributed by atoms with Crippen LogP contribution in [0.15, 0.2) is 24.3 Å². The van der Waals surface area contributed by atoms with Gasteiger partial charge in [0.15, 0.2) is 0 Å². The van der Waals surface area contributed by atoms with Crippen LogP contribution in [0.4, 0.5) is 18.9 Å². The van der Waals surface area contributed by atoms with Crippen LogP contribution in [0.3, 0.4) is 0 Å². The zero-order valence-electron chi connectivity index (χ0n) is 15.1. The standard InChI is InChI=1S/C18H21F3N2O4/c1-4-27-17(26)14-12(15(24)22-9(2)3)13(14)16(25)23-11-7-5-6-10(8-11)18(19,20)21/h5-9,12-14H,4H2,1-3H3,(H,22,24)(H,23,25)/t12-,13-,14+/m0/s1. The molecule has 2 amide bonds. The minimum Gasteiger partial charge on any atom is -0.466 e. The lowest BCUT2D eigenvalue weighted by Crippen LogP contribution is -2.33. The molecule has 1 fully saturated rings. The van der Waals surface area contributed by atoms with Crippen molar-refractivity contribution in [2.45, 2.75) is 33.0 Å². The summed E-state index contributed by atoms with van der Waals surface area (Å²) in [7, 11) is 0. The van der Waals surface area contributed by atoms with Gasteiger partial charge >= 0.3 is 12.1 Å². The molecular formula is C18H21F3N2O4. The molecule has 1 aliphatic carbocycles. The third-order valence-electron chi connectivity index (χ3n) is 4.07. The molecule has 9 heteroatoms. The number of hydrogen-bond donors (Lipinski definition) is 2. The Morgan fingerprint density at radius 3 is 2.30 bits per heavy atom. The highest BCUT2D eigenvalue weighted by Crippen LogP contribution is 2.48. The predicted octanol–water partition coefficient (Wildman–Crippen LogP) is 2.59. The summed E-state index contributed by atoms with van der Waals surface area (Å²) in [6, 6.07) is 3.96. The first-order valence-corrected chi connectivity index (χ1v) is 8.51. The second kappa shape index (κ2) is 7.98. The second-order valence-electron chi connectivity index (χ2n) is 6.56. The smallest absolute Gasteiger partial charge is 0.416 e. The van der Waals surface area contributed by atoms with Crippen molar-refractivity contribution in [1.29, 1.82) is 0 Å². The topological polar surface area (TPSA) is 84.5 Å². The first-order chi connectivity index (χ1) is 12.6. The Morgan fingerprint density at radius 1 is 1.11 bits per heavy atom. The summed E-state index contributed by atoms with van der Waals surface area (Å²) >= 11 is 0. The Bertz CT molecular complexity index is 734. The lowest BCUT2D eigenvalue weighted by molar-refractivity contribution is -0.146. The van der Waals surface area contributed by atoms with Crippen LogP contribution >= 0.6 is 0 Å². The monoisotopic (exact) mass is 386 g/mol. The van der Waals surface area contributed by atoms with E-state index in [0.29, 0.717) is 0 Å². The predicted molar refractivity (Wildman–Crippen MR) is 90.5 cm³/mol. The van der Waals surface area contributed by atoms with Crippen LogP contribution in [0, 0.1) is 17.8 Å². The Hall–Kier alpha value is -2.58. The Morgan fingerprint density at radius 2 is 1.74 bits per heavy atom. The molecule has 1 saturated carbocycles. The van der Waals surface area contributed by atoms with Gasteiger partial charge in [-0.3, -0.25) is 14.4 Å². The van der Waals surface area contributed by atoms with Crippen LogP contribution in [0.5, 0.6) is 0 Å². The molecule has 148 valence electrons. The number of nitrogens with one attached hydrogen (secondary N) is 2. The summed E-state index contributed by atoms with van der Waals surface area (Å²) in [6.45, 7) is 5.16. The average molecular weight is 386 g/mol. The van der Waals surface area contributed by atoms with Gasteiger partial charge in [-0.15, -0.1) is 0 Å². The molecule has 6 nitrogen and oxygen atoms in total. The number of hydrogen-bond acceptors (Lipinski definition) is 4. The number of carbonyl (C=O) groups is 3. The summed E-state index contributed by atoms with van der Waals surface area (Å²) in [4.78, 5) is 36.7. The average Bonchev–Trinajstić information content (AvgIpc) is 3.30. The molecule has 1 aliphatic rings. The summed E-state index contributed by atoms with van der Waals surface area (Å²) in [6.07, 6.45) is -4.55. The van der Waals surface area contributed by atoms with E-state index in [2.05, 4.69) is 10.6 Å². The van der Waals surface area contributed by atoms with Crippen molar-refractivity contribution in [3.63, 3.8) is 0 Å². The molecule has 0 bridgehead atoms. The van der Waals surface area contributed by atoms with E-state index >= 15 is 0 Å². The summed E-state index contributed by atoms with van der Waals surface area (Å²) in [5, 5.41) is 4.99. The van der Waals surface area contributed by atoms with E-state index in [9.17, 15) is 27.6 Å². The number of esters is 1. The molecule has 0 radical (unpaired) electrons. The van der Waals surface area contributed by atoms with Gasteiger partial charge in [-0.2, -0.15) is 13.2 Å². The van der Waals surface area contributed by atoms with Crippen molar-refractivity contribution in [2.24, 2.45) is 17.8 Å². The molecule has 0 spiro atoms. The molecule has 27 heavy (non-hydrogen) atoms. The molecule has 0 heterocycles. The summed E-state index contributed by atoms with van der Waals surface area (Å²) in [5.41, 5.74) is -0.973. The van der Waals surface area contributed by atoms with Crippen LogP contribution < -0.4 is 10.6 Å². The van der Waals surface area contributed by atoms with Crippen molar-refractivity contribution in [1.82, 2.24) is 5.32 Å². The Balaban J connectivity index is 2.15. The van der Waals surface area contributed by atoms with Crippen LogP contribution in [0.25, 0.3) is 0 Å². The number of benzene rings is 1. The molecular weight excluding hydrogens is 365 g/mol. The lowest BCUT2D eigenvalue weighted by atomic mass is 10.2. The van der Waals surface area contributed by atoms with Crippen LogP contribution in [-0.2, 0) is 25.3 Å². The van der Waals surface area contributed by atoms with Gasteiger partial charge in [0, 0.05) is 11.7 Å². The van der Waals surface area contributed by atoms with E-state index in [1.54, 1.807) is 20.8 Å². The first-order valence-electron chi connectivity index (χ1n) is 8.51. The lowest BCUT2D eigenvalue weighted by Gasteiger charge is -2.10. The molecule has 0 aromatic heterocycles. The third kappa shape index (κ3) is 4.99. The van der Waals surface area contributed by atoms with E-state index in [4.69, 9.17) is 4.74 Å². The van der Waals surface area contributed by atoms with Crippen molar-refractivity contribution < 1.29 is 32.3 Å². The van der Waals surface area contributed by atoms with Crippen molar-refractivity contribution in [3.05, 3.63) is 29.8 Å². The van der Waals surface area contributed by atoms with Crippen molar-refractivity contribution in [2.75, 3.05) is 11.9 Å². The molecule has 0 aliphatic heterocycles. The quantitative estimate of drug-likeness (QED) is 0.736. The number of ether oxygens (including phenoxy) is 1. The highest BCUT2D eigenvalue weighted by molar-refractivity contribution is 6.05. The number of amides is 2. The van der Waals surface area contributed by atoms with E-state index in [0.717, 1.165) is 18.2 Å². The number of rotatable bonds is 6. The Kier molecular flexibility index (Phi) is 6.12. The zero-order chi connectivity index (χ0) is 20.4. The maximum Gasteiger partial charge on any atom is 0.416 e. The fraction of sp³-hybridized carbons (Fsp3) is 0.500. The van der Waals surface area contributed by atoms with Crippen LogP contribution in [0.2, 0.25) is 0 Å². The van der Waals surface area contributed by atoms with Crippen molar-refractivity contribution >= 4 is 23.5 Å². The van der Waals surface area contributed by atoms with Gasteiger partial charge < -0.3 is 15.4 Å². The number of halogens is 3. The molecule has 1 aromatic carbocycles. The number of carbonyl (C=O) groups excluding carboxylic acids is 3. The molecule has 3 atom stereocenters. The van der Waals surface area contributed by atoms with Gasteiger partial charge in [-0.05, 0) is 39.0 Å². The second-order valence-corrected chi connectivity index (χ2v) is 6.56. The Labute approximate surface area is 154 Å². The van der Waals surface area contributed by atoms with E-state index in [-0.39, 0.29) is 18.3 Å². The normalized spacial score (nSPS) is 21.5. The molecule has 0 unspecified atom stereocenters. The van der Waals surface area contributed by atoms with Gasteiger partial charge in [0.05, 0.1) is 29.9 Å². The van der Waals surface area contributed by atoms with Crippen LogP contribution in [-0.4, -0.2) is 30.4 Å². The number of alkyl halides is 3. The summed E-state index contributed by atoms with van der Waals surface area (Å²) < 4.78 is 43.3. The molecule has 1 aromatic rings. The molecule has 2 rings (SSSR count). The van der Waals surface area contributed by atoms with Gasteiger partial charge in [0.2, 0.25) is 11.8 Å². The molecule has 2 N–H and O–H groups in total. The third-order valence-corrected chi connectivity index (χ3v) is 4.07. The highest BCUT2D eigenvalue weighted by atomic mass is 19.4. The number of anilines is 1. The SMILES string of the molecule is CCOC(=O)[C@H]1[C@@H](C(=O)Nc2cccc(C(F)(F)F)c2)[C@@H]1C(=O)NC(C)C. The van der Waals surface area contributed by atoms with Gasteiger partial charge in [-0.1, -0.05) is 6.07 Å². The maximum atomic E-state index is 12.8. The fourth-order valence-electron chi connectivity index (χ4n) is 2.87. The molecule has 0 saturated heterocycles. The minimum atomic E-state index is -4.55. The van der Waals surface area contributed by atoms with Crippen LogP contribution in [0.1, 0.15) is 26.3 Å². The van der Waals surface area contributed by atoms with Gasteiger partial charge in [-0.25, -0.2) is 0 Å². The van der Waals surface area contributed by atoms with Gasteiger partial charge in [0.25, 0.3) is 0 Å². The zero-order valence-corrected chi connectivity index (χ0v) is 15.1. The highest BCUT2D eigenvalue weighted by Gasteiger charge is 2.63. The van der Waals surface area contributed by atoms with E-state index < -0.39 is 47.3 Å². The van der Waals surface area contributed by atoms with Crippen molar-refractivity contribution in [3.8, 4) is 0 Å². The van der Waals surface area contributed by atoms with Gasteiger partial charge in [0.1, 0.15) is 0 Å². The summed E-state index contributed by atoms with van der Waals surface area (Å²) in [5.74, 6) is -4.68. The fourth-order valence-corrected chi connectivity index (χ4v) is 2.87. The largest absolute Gasteiger partial charge is 0.466 e. The minimum absolute atomic E-state index is 0.0626. The maximum absolute atomic E-state index is 12.8. The first kappa shape index (κ1) is 20.7. The van der Waals surface area contributed by atoms with E-state index in [1.807, 2.05) is 0 Å².